The lowest BCUT2D eigenvalue weighted by molar-refractivity contribution is -0.137. The Balaban J connectivity index is 2.77. The van der Waals surface area contributed by atoms with Crippen molar-refractivity contribution in [3.63, 3.8) is 0 Å². The second kappa shape index (κ2) is 6.28. The number of aliphatic carboxylic acids is 1. The fourth-order valence-corrected chi connectivity index (χ4v) is 1.56. The Hall–Kier alpha value is -1.72. The van der Waals surface area contributed by atoms with Crippen LogP contribution in [0.4, 0.5) is 5.95 Å². The summed E-state index contributed by atoms with van der Waals surface area (Å²) in [5.41, 5.74) is 1.66. The molecule has 0 saturated carbocycles. The summed E-state index contributed by atoms with van der Waals surface area (Å²) in [5.74, 6) is -0.212. The fourth-order valence-electron chi connectivity index (χ4n) is 1.56. The minimum atomic E-state index is -0.780. The summed E-state index contributed by atoms with van der Waals surface area (Å²) in [5, 5.41) is 16.8. The first kappa shape index (κ1) is 14.3. The van der Waals surface area contributed by atoms with E-state index in [-0.39, 0.29) is 12.5 Å². The molecule has 0 aliphatic rings. The van der Waals surface area contributed by atoms with E-state index in [0.29, 0.717) is 18.9 Å². The highest BCUT2D eigenvalue weighted by Gasteiger charge is 2.15. The second-order valence-corrected chi connectivity index (χ2v) is 4.57. The number of carboxylic acid groups (broad SMARTS) is 1. The Bertz CT molecular complexity index is 421. The van der Waals surface area contributed by atoms with Gasteiger partial charge in [-0.15, -0.1) is 5.10 Å². The van der Waals surface area contributed by atoms with Crippen LogP contribution in [-0.4, -0.2) is 38.8 Å². The maximum atomic E-state index is 10.5. The summed E-state index contributed by atoms with van der Waals surface area (Å²) >= 11 is 0. The quantitative estimate of drug-likeness (QED) is 0.827. The normalized spacial score (nSPS) is 10.7. The van der Waals surface area contributed by atoms with E-state index in [9.17, 15) is 4.79 Å². The smallest absolute Gasteiger partial charge is 0.303 e. The Morgan fingerprint density at radius 1 is 1.28 bits per heavy atom. The van der Waals surface area contributed by atoms with Crippen molar-refractivity contribution in [2.45, 2.75) is 46.6 Å². The Labute approximate surface area is 107 Å². The van der Waals surface area contributed by atoms with Gasteiger partial charge in [-0.1, -0.05) is 0 Å². The van der Waals surface area contributed by atoms with Crippen LogP contribution in [0.2, 0.25) is 0 Å². The molecule has 0 amide bonds. The molecule has 0 aromatic carbocycles. The lowest BCUT2D eigenvalue weighted by atomic mass is 10.2. The number of aromatic nitrogens is 3. The first-order valence-corrected chi connectivity index (χ1v) is 6.08. The van der Waals surface area contributed by atoms with Crippen LogP contribution < -0.4 is 4.90 Å². The largest absolute Gasteiger partial charge is 0.481 e. The first-order chi connectivity index (χ1) is 8.41. The van der Waals surface area contributed by atoms with Crippen LogP contribution in [-0.2, 0) is 4.79 Å². The van der Waals surface area contributed by atoms with Gasteiger partial charge in [0.2, 0.25) is 5.95 Å². The van der Waals surface area contributed by atoms with E-state index in [1.165, 1.54) is 0 Å². The van der Waals surface area contributed by atoms with Crippen LogP contribution >= 0.6 is 0 Å². The average molecular weight is 252 g/mol. The SMILES string of the molecule is Cc1nnc(N(CCCC(=O)O)C(C)C)nc1C. The summed E-state index contributed by atoms with van der Waals surface area (Å²) in [6, 6.07) is 0.211. The van der Waals surface area contributed by atoms with E-state index in [1.807, 2.05) is 32.6 Å². The molecule has 18 heavy (non-hydrogen) atoms. The van der Waals surface area contributed by atoms with Gasteiger partial charge in [0, 0.05) is 19.0 Å². The highest BCUT2D eigenvalue weighted by molar-refractivity contribution is 5.66. The molecule has 100 valence electrons. The molecule has 6 nitrogen and oxygen atoms in total. The summed E-state index contributed by atoms with van der Waals surface area (Å²) in [7, 11) is 0. The Kier molecular flexibility index (Phi) is 5.00. The van der Waals surface area contributed by atoms with E-state index in [0.717, 1.165) is 11.4 Å². The third-order valence-electron chi connectivity index (χ3n) is 2.75. The zero-order valence-corrected chi connectivity index (χ0v) is 11.3. The summed E-state index contributed by atoms with van der Waals surface area (Å²) in [4.78, 5) is 16.9. The van der Waals surface area contributed by atoms with Gasteiger partial charge in [0.1, 0.15) is 0 Å². The molecule has 0 atom stereocenters. The molecule has 0 fully saturated rings. The van der Waals surface area contributed by atoms with Gasteiger partial charge in [0.05, 0.1) is 11.4 Å². The monoisotopic (exact) mass is 252 g/mol. The standard InChI is InChI=1S/C12H20N4O2/c1-8(2)16(7-5-6-11(17)18)12-13-9(3)10(4)14-15-12/h8H,5-7H2,1-4H3,(H,17,18). The van der Waals surface area contributed by atoms with Crippen molar-refractivity contribution in [2.75, 3.05) is 11.4 Å². The van der Waals surface area contributed by atoms with Crippen molar-refractivity contribution in [1.82, 2.24) is 15.2 Å². The molecular weight excluding hydrogens is 232 g/mol. The summed E-state index contributed by atoms with van der Waals surface area (Å²) in [6.45, 7) is 8.43. The molecule has 1 aromatic rings. The van der Waals surface area contributed by atoms with Gasteiger partial charge in [-0.05, 0) is 34.1 Å². The molecule has 6 heteroatoms. The predicted molar refractivity (Wildman–Crippen MR) is 68.7 cm³/mol. The van der Waals surface area contributed by atoms with Gasteiger partial charge in [-0.2, -0.15) is 5.10 Å². The molecule has 0 bridgehead atoms. The highest BCUT2D eigenvalue weighted by Crippen LogP contribution is 2.13. The maximum Gasteiger partial charge on any atom is 0.303 e. The first-order valence-electron chi connectivity index (χ1n) is 6.08. The number of nitrogens with zero attached hydrogens (tertiary/aromatic N) is 4. The third kappa shape index (κ3) is 3.94. The fraction of sp³-hybridized carbons (Fsp3) is 0.667. The van der Waals surface area contributed by atoms with Gasteiger partial charge >= 0.3 is 5.97 Å². The van der Waals surface area contributed by atoms with Crippen molar-refractivity contribution in [3.05, 3.63) is 11.4 Å². The maximum absolute atomic E-state index is 10.5. The average Bonchev–Trinajstić information content (AvgIpc) is 2.27. The molecule has 0 unspecified atom stereocenters. The van der Waals surface area contributed by atoms with Gasteiger partial charge < -0.3 is 10.0 Å². The predicted octanol–water partition coefficient (Wildman–Crippen LogP) is 1.57. The van der Waals surface area contributed by atoms with Gasteiger partial charge in [-0.3, -0.25) is 4.79 Å². The van der Waals surface area contributed by atoms with Gasteiger partial charge in [-0.25, -0.2) is 4.98 Å². The minimum absolute atomic E-state index is 0.154. The van der Waals surface area contributed by atoms with Crippen LogP contribution in [0.15, 0.2) is 0 Å². The molecule has 1 heterocycles. The molecule has 0 spiro atoms. The van der Waals surface area contributed by atoms with Crippen LogP contribution in [0, 0.1) is 13.8 Å². The van der Waals surface area contributed by atoms with E-state index in [4.69, 9.17) is 5.11 Å². The van der Waals surface area contributed by atoms with Crippen LogP contribution in [0.1, 0.15) is 38.1 Å². The van der Waals surface area contributed by atoms with E-state index >= 15 is 0 Å². The number of carbonyl (C=O) groups is 1. The molecule has 0 saturated heterocycles. The van der Waals surface area contributed by atoms with Crippen LogP contribution in [0.25, 0.3) is 0 Å². The number of rotatable bonds is 6. The van der Waals surface area contributed by atoms with Crippen LogP contribution in [0.5, 0.6) is 0 Å². The molecule has 0 aliphatic heterocycles. The second-order valence-electron chi connectivity index (χ2n) is 4.57. The van der Waals surface area contributed by atoms with Crippen molar-refractivity contribution in [1.29, 1.82) is 0 Å². The highest BCUT2D eigenvalue weighted by atomic mass is 16.4. The molecule has 1 N–H and O–H groups in total. The van der Waals surface area contributed by atoms with Crippen molar-refractivity contribution in [2.24, 2.45) is 0 Å². The molecular formula is C12H20N4O2. The zero-order chi connectivity index (χ0) is 13.7. The molecule has 0 radical (unpaired) electrons. The third-order valence-corrected chi connectivity index (χ3v) is 2.75. The number of hydrogen-bond acceptors (Lipinski definition) is 5. The van der Waals surface area contributed by atoms with E-state index < -0.39 is 5.97 Å². The minimum Gasteiger partial charge on any atom is -0.481 e. The zero-order valence-electron chi connectivity index (χ0n) is 11.3. The summed E-state index contributed by atoms with van der Waals surface area (Å²) in [6.07, 6.45) is 0.727. The number of aryl methyl sites for hydroxylation is 2. The summed E-state index contributed by atoms with van der Waals surface area (Å²) < 4.78 is 0. The van der Waals surface area contributed by atoms with Gasteiger partial charge in [0.25, 0.3) is 0 Å². The number of carboxylic acids is 1. The molecule has 0 aliphatic carbocycles. The molecule has 1 rings (SSSR count). The number of anilines is 1. The van der Waals surface area contributed by atoms with E-state index in [2.05, 4.69) is 15.2 Å². The lowest BCUT2D eigenvalue weighted by Gasteiger charge is -2.26. The Morgan fingerprint density at radius 3 is 2.44 bits per heavy atom. The van der Waals surface area contributed by atoms with Gasteiger partial charge in [0.15, 0.2) is 0 Å². The van der Waals surface area contributed by atoms with Crippen molar-refractivity contribution >= 4 is 11.9 Å². The molecule has 1 aromatic heterocycles. The van der Waals surface area contributed by atoms with Crippen molar-refractivity contribution < 1.29 is 9.90 Å². The Morgan fingerprint density at radius 2 is 1.94 bits per heavy atom. The number of hydrogen-bond donors (Lipinski definition) is 1. The van der Waals surface area contributed by atoms with E-state index in [1.54, 1.807) is 0 Å². The van der Waals surface area contributed by atoms with Crippen molar-refractivity contribution in [3.8, 4) is 0 Å². The lowest BCUT2D eigenvalue weighted by Crippen LogP contribution is -2.34. The topological polar surface area (TPSA) is 79.2 Å². The van der Waals surface area contributed by atoms with Crippen LogP contribution in [0.3, 0.4) is 0 Å².